The van der Waals surface area contributed by atoms with Gasteiger partial charge in [-0.05, 0) is 12.5 Å². The van der Waals surface area contributed by atoms with E-state index in [9.17, 15) is 0 Å². The largest absolute Gasteiger partial charge is 0.360 e. The van der Waals surface area contributed by atoms with Crippen LogP contribution in [0.4, 0.5) is 0 Å². The highest BCUT2D eigenvalue weighted by atomic mass is 32.2. The monoisotopic (exact) mass is 269 g/mol. The summed E-state index contributed by atoms with van der Waals surface area (Å²) < 4.78 is 5.39. The van der Waals surface area contributed by atoms with Crippen LogP contribution in [0.5, 0.6) is 0 Å². The molecule has 1 aliphatic heterocycles. The Bertz CT molecular complexity index is 348. The fourth-order valence-corrected chi connectivity index (χ4v) is 2.96. The van der Waals surface area contributed by atoms with Gasteiger partial charge in [-0.15, -0.1) is 0 Å². The van der Waals surface area contributed by atoms with Crippen LogP contribution in [-0.4, -0.2) is 41.2 Å². The van der Waals surface area contributed by atoms with E-state index in [4.69, 9.17) is 4.52 Å². The second-order valence-electron chi connectivity index (χ2n) is 5.20. The molecule has 0 unspecified atom stereocenters. The van der Waals surface area contributed by atoms with Gasteiger partial charge in [-0.1, -0.05) is 19.0 Å². The van der Waals surface area contributed by atoms with Crippen molar-refractivity contribution in [1.29, 1.82) is 0 Å². The molecule has 0 aliphatic carbocycles. The van der Waals surface area contributed by atoms with E-state index in [0.29, 0.717) is 5.92 Å². The van der Waals surface area contributed by atoms with Gasteiger partial charge in [-0.2, -0.15) is 11.8 Å². The smallest absolute Gasteiger partial charge is 0.151 e. The lowest BCUT2D eigenvalue weighted by molar-refractivity contribution is 0.250. The first kappa shape index (κ1) is 13.9. The number of nitrogens with zero attached hydrogens (tertiary/aromatic N) is 2. The number of nitrogens with one attached hydrogen (secondary N) is 1. The van der Waals surface area contributed by atoms with Crippen molar-refractivity contribution in [3.63, 3.8) is 0 Å². The van der Waals surface area contributed by atoms with Crippen LogP contribution < -0.4 is 5.32 Å². The highest BCUT2D eigenvalue weighted by Crippen LogP contribution is 2.13. The van der Waals surface area contributed by atoms with E-state index in [0.717, 1.165) is 44.2 Å². The zero-order chi connectivity index (χ0) is 12.8. The Kier molecular flexibility index (Phi) is 5.53. The van der Waals surface area contributed by atoms with Crippen molar-refractivity contribution in [3.8, 4) is 0 Å². The maximum absolute atomic E-state index is 5.39. The summed E-state index contributed by atoms with van der Waals surface area (Å²) in [5, 5.41) is 7.49. The minimum absolute atomic E-state index is 0.669. The fourth-order valence-electron chi connectivity index (χ4n) is 1.98. The van der Waals surface area contributed by atoms with Crippen LogP contribution in [0.15, 0.2) is 10.6 Å². The molecule has 1 aromatic heterocycles. The Morgan fingerprint density at radius 3 is 2.94 bits per heavy atom. The molecule has 5 heteroatoms. The van der Waals surface area contributed by atoms with Crippen molar-refractivity contribution in [2.24, 2.45) is 5.92 Å². The van der Waals surface area contributed by atoms with Gasteiger partial charge < -0.3 is 9.84 Å². The van der Waals surface area contributed by atoms with E-state index in [-0.39, 0.29) is 0 Å². The molecule has 0 atom stereocenters. The normalized spacial score (nSPS) is 17.5. The Morgan fingerprint density at radius 1 is 1.44 bits per heavy atom. The average Bonchev–Trinajstić information content (AvgIpc) is 2.78. The molecule has 4 nitrogen and oxygen atoms in total. The third kappa shape index (κ3) is 4.63. The van der Waals surface area contributed by atoms with E-state index >= 15 is 0 Å². The zero-order valence-corrected chi connectivity index (χ0v) is 12.1. The third-order valence-corrected chi connectivity index (χ3v) is 3.89. The number of hydrogen-bond donors (Lipinski definition) is 1. The zero-order valence-electron chi connectivity index (χ0n) is 11.3. The molecular weight excluding hydrogens is 246 g/mol. The fraction of sp³-hybridized carbons (Fsp3) is 0.769. The SMILES string of the molecule is CC(C)CNCc1cc(CN2CCSCC2)on1. The molecule has 2 heterocycles. The maximum Gasteiger partial charge on any atom is 0.151 e. The lowest BCUT2D eigenvalue weighted by Crippen LogP contribution is -2.31. The first-order valence-electron chi connectivity index (χ1n) is 6.69. The van der Waals surface area contributed by atoms with Crippen molar-refractivity contribution in [2.45, 2.75) is 26.9 Å². The van der Waals surface area contributed by atoms with Gasteiger partial charge in [0.15, 0.2) is 5.76 Å². The van der Waals surface area contributed by atoms with Gasteiger partial charge in [0.25, 0.3) is 0 Å². The number of hydrogen-bond acceptors (Lipinski definition) is 5. The predicted molar refractivity (Wildman–Crippen MR) is 75.6 cm³/mol. The summed E-state index contributed by atoms with van der Waals surface area (Å²) in [5.74, 6) is 4.12. The van der Waals surface area contributed by atoms with Crippen molar-refractivity contribution in [2.75, 3.05) is 31.1 Å². The quantitative estimate of drug-likeness (QED) is 0.855. The van der Waals surface area contributed by atoms with Gasteiger partial charge in [-0.3, -0.25) is 4.90 Å². The van der Waals surface area contributed by atoms with Gasteiger partial charge >= 0.3 is 0 Å². The van der Waals surface area contributed by atoms with E-state index < -0.39 is 0 Å². The summed E-state index contributed by atoms with van der Waals surface area (Å²) in [5.41, 5.74) is 1.01. The molecule has 0 aromatic carbocycles. The van der Waals surface area contributed by atoms with Crippen LogP contribution >= 0.6 is 11.8 Å². The van der Waals surface area contributed by atoms with Gasteiger partial charge in [0.2, 0.25) is 0 Å². The molecule has 18 heavy (non-hydrogen) atoms. The van der Waals surface area contributed by atoms with Crippen LogP contribution in [0.3, 0.4) is 0 Å². The molecule has 2 rings (SSSR count). The van der Waals surface area contributed by atoms with Gasteiger partial charge in [0.05, 0.1) is 12.2 Å². The van der Waals surface area contributed by atoms with Crippen molar-refractivity contribution < 1.29 is 4.52 Å². The van der Waals surface area contributed by atoms with Gasteiger partial charge in [-0.25, -0.2) is 0 Å². The Morgan fingerprint density at radius 2 is 2.22 bits per heavy atom. The first-order chi connectivity index (χ1) is 8.74. The molecule has 1 aromatic rings. The summed E-state index contributed by atoms with van der Waals surface area (Å²) in [6, 6.07) is 2.08. The molecule has 1 fully saturated rings. The Balaban J connectivity index is 1.74. The molecule has 0 radical (unpaired) electrons. The molecule has 102 valence electrons. The van der Waals surface area contributed by atoms with E-state index in [1.807, 2.05) is 11.8 Å². The van der Waals surface area contributed by atoms with Crippen molar-refractivity contribution in [3.05, 3.63) is 17.5 Å². The minimum atomic E-state index is 0.669. The molecule has 1 N–H and O–H groups in total. The molecule has 0 spiro atoms. The molecule has 0 bridgehead atoms. The minimum Gasteiger partial charge on any atom is -0.360 e. The third-order valence-electron chi connectivity index (χ3n) is 2.95. The number of aromatic nitrogens is 1. The first-order valence-corrected chi connectivity index (χ1v) is 7.85. The average molecular weight is 269 g/mol. The second-order valence-corrected chi connectivity index (χ2v) is 6.42. The van der Waals surface area contributed by atoms with Gasteiger partial charge in [0.1, 0.15) is 0 Å². The van der Waals surface area contributed by atoms with Crippen LogP contribution in [0.25, 0.3) is 0 Å². The number of rotatable bonds is 6. The number of thioether (sulfide) groups is 1. The summed E-state index contributed by atoms with van der Waals surface area (Å²) in [6.07, 6.45) is 0. The van der Waals surface area contributed by atoms with Crippen molar-refractivity contribution in [1.82, 2.24) is 15.4 Å². The summed E-state index contributed by atoms with van der Waals surface area (Å²) in [6.45, 7) is 9.45. The second kappa shape index (κ2) is 7.16. The Labute approximate surface area is 113 Å². The summed E-state index contributed by atoms with van der Waals surface area (Å²) >= 11 is 2.03. The lowest BCUT2D eigenvalue weighted by Gasteiger charge is -2.24. The van der Waals surface area contributed by atoms with Crippen LogP contribution in [0.2, 0.25) is 0 Å². The van der Waals surface area contributed by atoms with Crippen LogP contribution in [0.1, 0.15) is 25.3 Å². The van der Waals surface area contributed by atoms with Crippen LogP contribution in [-0.2, 0) is 13.1 Å². The van der Waals surface area contributed by atoms with E-state index in [2.05, 4.69) is 35.3 Å². The molecule has 1 saturated heterocycles. The van der Waals surface area contributed by atoms with E-state index in [1.54, 1.807) is 0 Å². The molecule has 0 saturated carbocycles. The molecule has 1 aliphatic rings. The maximum atomic E-state index is 5.39. The topological polar surface area (TPSA) is 41.3 Å². The standard InChI is InChI=1S/C13H23N3OS/c1-11(2)8-14-9-12-7-13(17-15-12)10-16-3-5-18-6-4-16/h7,11,14H,3-6,8-10H2,1-2H3. The summed E-state index contributed by atoms with van der Waals surface area (Å²) in [4.78, 5) is 2.43. The molecular formula is C13H23N3OS. The van der Waals surface area contributed by atoms with E-state index in [1.165, 1.54) is 11.5 Å². The predicted octanol–water partition coefficient (Wildman–Crippen LogP) is 1.97. The Hall–Kier alpha value is -0.520. The van der Waals surface area contributed by atoms with Gasteiger partial charge in [0, 0.05) is 37.2 Å². The highest BCUT2D eigenvalue weighted by Gasteiger charge is 2.13. The lowest BCUT2D eigenvalue weighted by atomic mass is 10.2. The summed E-state index contributed by atoms with van der Waals surface area (Å²) in [7, 11) is 0. The van der Waals surface area contributed by atoms with Crippen LogP contribution in [0, 0.1) is 5.92 Å². The highest BCUT2D eigenvalue weighted by molar-refractivity contribution is 7.99. The molecule has 0 amide bonds. The van der Waals surface area contributed by atoms with Crippen molar-refractivity contribution >= 4 is 11.8 Å².